The maximum atomic E-state index is 13.3. The number of hydrogen-bond acceptors (Lipinski definition) is 6. The van der Waals surface area contributed by atoms with Crippen molar-refractivity contribution in [3.8, 4) is 0 Å². The van der Waals surface area contributed by atoms with Gasteiger partial charge in [-0.1, -0.05) is 0 Å². The minimum Gasteiger partial charge on any atom is -0.306 e. The van der Waals surface area contributed by atoms with Gasteiger partial charge in [0.2, 0.25) is 0 Å². The van der Waals surface area contributed by atoms with Crippen LogP contribution in [0.4, 0.5) is 16.2 Å². The molecule has 3 heterocycles. The molecule has 1 unspecified atom stereocenters. The first kappa shape index (κ1) is 21.1. The molecule has 2 N–H and O–H groups in total. The smallest absolute Gasteiger partial charge is 0.306 e. The van der Waals surface area contributed by atoms with Crippen molar-refractivity contribution in [3.05, 3.63) is 27.7 Å². The van der Waals surface area contributed by atoms with E-state index in [-0.39, 0.29) is 6.04 Å². The van der Waals surface area contributed by atoms with Gasteiger partial charge >= 0.3 is 16.2 Å². The molecule has 0 radical (unpaired) electrons. The highest BCUT2D eigenvalue weighted by atomic mass is 32.2. The normalized spacial score (nSPS) is 19.5. The lowest BCUT2D eigenvalue weighted by molar-refractivity contribution is 0.251. The van der Waals surface area contributed by atoms with Crippen molar-refractivity contribution in [3.63, 3.8) is 0 Å². The molecule has 1 saturated heterocycles. The fourth-order valence-corrected chi connectivity index (χ4v) is 6.95. The lowest BCUT2D eigenvalue weighted by Gasteiger charge is -2.37. The number of likely N-dealkylation sites (N-methyl/N-ethyl adjacent to an activating group) is 1. The predicted molar refractivity (Wildman–Crippen MR) is 118 cm³/mol. The second-order valence-corrected chi connectivity index (χ2v) is 10.9. The molecule has 0 saturated carbocycles. The highest BCUT2D eigenvalue weighted by Gasteiger charge is 2.35. The van der Waals surface area contributed by atoms with Gasteiger partial charge in [0.15, 0.2) is 0 Å². The van der Waals surface area contributed by atoms with E-state index in [1.165, 1.54) is 15.4 Å². The summed E-state index contributed by atoms with van der Waals surface area (Å²) in [4.78, 5) is 17.1. The van der Waals surface area contributed by atoms with Crippen LogP contribution in [0.15, 0.2) is 12.4 Å². The number of carbonyl (C=O) groups is 1. The molecule has 1 aliphatic carbocycles. The molecule has 0 bridgehead atoms. The maximum Gasteiger partial charge on any atom is 0.334 e. The number of rotatable bonds is 5. The van der Waals surface area contributed by atoms with E-state index in [0.717, 1.165) is 54.8 Å². The minimum absolute atomic E-state index is 0.273. The molecule has 1 aliphatic heterocycles. The number of hydrogen-bond donors (Lipinski definition) is 2. The van der Waals surface area contributed by atoms with Gasteiger partial charge in [-0.15, -0.1) is 11.3 Å². The maximum absolute atomic E-state index is 13.3. The van der Waals surface area contributed by atoms with Gasteiger partial charge in [-0.2, -0.15) is 13.5 Å². The zero-order chi connectivity index (χ0) is 21.5. The average molecular weight is 453 g/mol. The molecular formula is C19H28N6O3S2. The monoisotopic (exact) mass is 452 g/mol. The number of likely N-dealkylation sites (tertiary alicyclic amines) is 1. The van der Waals surface area contributed by atoms with Crippen molar-refractivity contribution in [2.75, 3.05) is 29.8 Å². The van der Waals surface area contributed by atoms with E-state index in [1.54, 1.807) is 29.3 Å². The summed E-state index contributed by atoms with van der Waals surface area (Å²) in [6.07, 6.45) is 7.78. The van der Waals surface area contributed by atoms with Crippen LogP contribution < -0.4 is 14.3 Å². The zero-order valence-electron chi connectivity index (χ0n) is 17.5. The molecule has 4 rings (SSSR count). The average Bonchev–Trinajstić information content (AvgIpc) is 3.34. The van der Waals surface area contributed by atoms with Crippen molar-refractivity contribution in [2.24, 2.45) is 7.05 Å². The van der Waals surface area contributed by atoms with Crippen molar-refractivity contribution in [1.82, 2.24) is 19.4 Å². The Bertz CT molecular complexity index is 1040. The fraction of sp³-hybridized carbons (Fsp3) is 0.579. The number of fused-ring (bicyclic) bond motifs is 1. The molecule has 164 valence electrons. The Morgan fingerprint density at radius 1 is 1.30 bits per heavy atom. The van der Waals surface area contributed by atoms with Crippen LogP contribution in [0.2, 0.25) is 0 Å². The SMILES string of the molecule is Cc1sc2c(c1NC(=O)NS(=O)(=O)N(c1cnn(C)c1)C1CCCN(C)C1)CCC2. The van der Waals surface area contributed by atoms with Crippen LogP contribution >= 0.6 is 11.3 Å². The summed E-state index contributed by atoms with van der Waals surface area (Å²) in [6.45, 7) is 3.47. The number of thiophene rings is 1. The number of anilines is 2. The third-order valence-electron chi connectivity index (χ3n) is 5.69. The van der Waals surface area contributed by atoms with Crippen LogP contribution in [0, 0.1) is 6.92 Å². The summed E-state index contributed by atoms with van der Waals surface area (Å²) in [5.41, 5.74) is 2.35. The first-order valence-corrected chi connectivity index (χ1v) is 12.4. The Labute approximate surface area is 181 Å². The van der Waals surface area contributed by atoms with E-state index in [1.807, 2.05) is 14.0 Å². The van der Waals surface area contributed by atoms with Crippen molar-refractivity contribution >= 4 is 39.0 Å². The summed E-state index contributed by atoms with van der Waals surface area (Å²) >= 11 is 1.67. The third-order valence-corrected chi connectivity index (χ3v) is 8.37. The number of aryl methyl sites for hydroxylation is 3. The highest BCUT2D eigenvalue weighted by molar-refractivity contribution is 7.91. The number of amides is 2. The van der Waals surface area contributed by atoms with Gasteiger partial charge in [0.1, 0.15) is 0 Å². The summed E-state index contributed by atoms with van der Waals surface area (Å²) in [7, 11) is -0.410. The Kier molecular flexibility index (Phi) is 5.78. The van der Waals surface area contributed by atoms with Crippen LogP contribution in [-0.4, -0.2) is 55.3 Å². The number of piperidine rings is 1. The quantitative estimate of drug-likeness (QED) is 0.725. The molecule has 2 amide bonds. The van der Waals surface area contributed by atoms with E-state index in [4.69, 9.17) is 0 Å². The summed E-state index contributed by atoms with van der Waals surface area (Å²) in [5.74, 6) is 0. The lowest BCUT2D eigenvalue weighted by atomic mass is 10.1. The molecule has 9 nitrogen and oxygen atoms in total. The molecule has 30 heavy (non-hydrogen) atoms. The third kappa shape index (κ3) is 4.19. The topological polar surface area (TPSA) is 99.6 Å². The van der Waals surface area contributed by atoms with E-state index in [0.29, 0.717) is 12.2 Å². The molecule has 11 heteroatoms. The number of nitrogens with one attached hydrogen (secondary N) is 2. The molecule has 1 fully saturated rings. The molecule has 1 atom stereocenters. The number of carbonyl (C=O) groups excluding carboxylic acids is 1. The first-order chi connectivity index (χ1) is 14.2. The molecule has 2 aliphatic rings. The number of urea groups is 1. The van der Waals surface area contributed by atoms with Gasteiger partial charge in [0, 0.05) is 29.5 Å². The van der Waals surface area contributed by atoms with E-state index < -0.39 is 16.2 Å². The Morgan fingerprint density at radius 2 is 2.10 bits per heavy atom. The lowest BCUT2D eigenvalue weighted by Crippen LogP contribution is -2.54. The Morgan fingerprint density at radius 3 is 2.80 bits per heavy atom. The Balaban J connectivity index is 1.56. The van der Waals surface area contributed by atoms with E-state index >= 15 is 0 Å². The fourth-order valence-electron chi connectivity index (χ4n) is 4.41. The van der Waals surface area contributed by atoms with Gasteiger partial charge < -0.3 is 10.2 Å². The summed E-state index contributed by atoms with van der Waals surface area (Å²) in [5, 5.41) is 6.92. The van der Waals surface area contributed by atoms with E-state index in [9.17, 15) is 13.2 Å². The van der Waals surface area contributed by atoms with Crippen LogP contribution in [0.3, 0.4) is 0 Å². The van der Waals surface area contributed by atoms with Gasteiger partial charge in [-0.25, -0.2) is 13.8 Å². The molecule has 0 aromatic carbocycles. The van der Waals surface area contributed by atoms with Gasteiger partial charge in [-0.3, -0.25) is 4.68 Å². The standard InChI is InChI=1S/C19H28N6O3S2/c1-13-18(16-7-4-8-17(16)29-13)21-19(26)22-30(27,28)25(15-10-20-24(3)12-15)14-6-5-9-23(2)11-14/h10,12,14H,4-9,11H2,1-3H3,(H2,21,22,26). The predicted octanol–water partition coefficient (Wildman–Crippen LogP) is 2.25. The summed E-state index contributed by atoms with van der Waals surface area (Å²) in [6, 6.07) is -1.01. The second-order valence-electron chi connectivity index (χ2n) is 8.08. The van der Waals surface area contributed by atoms with Crippen LogP contribution in [-0.2, 0) is 30.1 Å². The highest BCUT2D eigenvalue weighted by Crippen LogP contribution is 2.38. The van der Waals surface area contributed by atoms with Crippen LogP contribution in [0.5, 0.6) is 0 Å². The zero-order valence-corrected chi connectivity index (χ0v) is 19.1. The van der Waals surface area contributed by atoms with Crippen molar-refractivity contribution in [2.45, 2.75) is 45.1 Å². The van der Waals surface area contributed by atoms with E-state index in [2.05, 4.69) is 20.0 Å². The first-order valence-electron chi connectivity index (χ1n) is 10.2. The number of nitrogens with zero attached hydrogens (tertiary/aromatic N) is 4. The molecule has 2 aromatic heterocycles. The summed E-state index contributed by atoms with van der Waals surface area (Å²) < 4.78 is 31.7. The van der Waals surface area contributed by atoms with Crippen LogP contribution in [0.25, 0.3) is 0 Å². The Hall–Kier alpha value is -2.11. The minimum atomic E-state index is -4.12. The van der Waals surface area contributed by atoms with Crippen molar-refractivity contribution in [1.29, 1.82) is 0 Å². The molecule has 2 aromatic rings. The van der Waals surface area contributed by atoms with Gasteiger partial charge in [0.05, 0.1) is 23.6 Å². The van der Waals surface area contributed by atoms with Gasteiger partial charge in [-0.05, 0) is 58.2 Å². The molecular weight excluding hydrogens is 424 g/mol. The number of aromatic nitrogens is 2. The largest absolute Gasteiger partial charge is 0.334 e. The van der Waals surface area contributed by atoms with Crippen molar-refractivity contribution < 1.29 is 13.2 Å². The molecule has 0 spiro atoms. The van der Waals surface area contributed by atoms with Gasteiger partial charge in [0.25, 0.3) is 0 Å². The second kappa shape index (κ2) is 8.20. The van der Waals surface area contributed by atoms with Crippen LogP contribution in [0.1, 0.15) is 34.6 Å².